The van der Waals surface area contributed by atoms with E-state index < -0.39 is 0 Å². The molecule has 0 radical (unpaired) electrons. The van der Waals surface area contributed by atoms with Crippen molar-refractivity contribution in [3.05, 3.63) is 53.7 Å². The van der Waals surface area contributed by atoms with Gasteiger partial charge in [0.2, 0.25) is 0 Å². The minimum absolute atomic E-state index is 0.0231. The second kappa shape index (κ2) is 9.56. The Hall–Kier alpha value is -2.86. The highest BCUT2D eigenvalue weighted by molar-refractivity contribution is 5.94. The monoisotopic (exact) mass is 448 g/mol. The molecule has 2 aromatic carbocycles. The number of ketones is 1. The smallest absolute Gasteiger partial charge is 0.167 e. The van der Waals surface area contributed by atoms with Crippen molar-refractivity contribution in [1.82, 2.24) is 10.1 Å². The largest absolute Gasteiger partial charge is 0.493 e. The fourth-order valence-electron chi connectivity index (χ4n) is 5.65. The summed E-state index contributed by atoms with van der Waals surface area (Å²) in [6.07, 6.45) is 7.01. The van der Waals surface area contributed by atoms with Gasteiger partial charge in [0.05, 0.1) is 19.4 Å². The highest BCUT2D eigenvalue weighted by atomic mass is 16.5. The number of aromatic nitrogens is 1. The molecule has 2 bridgehead atoms. The number of hydrogen-bond acceptors (Lipinski definition) is 6. The van der Waals surface area contributed by atoms with Crippen LogP contribution >= 0.6 is 0 Å². The van der Waals surface area contributed by atoms with Gasteiger partial charge in [-0.05, 0) is 82.3 Å². The summed E-state index contributed by atoms with van der Waals surface area (Å²) < 4.78 is 16.9. The molecular formula is C27H32N2O4. The van der Waals surface area contributed by atoms with E-state index in [0.29, 0.717) is 41.7 Å². The maximum absolute atomic E-state index is 11.6. The minimum Gasteiger partial charge on any atom is -0.493 e. The maximum atomic E-state index is 11.6. The summed E-state index contributed by atoms with van der Waals surface area (Å²) in [7, 11) is 1.60. The SMILES string of the molecule is COc1cc(C(C)=O)ccc1OCCCCN1C2CCC1CC(c1noc3ccccc13)C2. The van der Waals surface area contributed by atoms with Gasteiger partial charge in [-0.15, -0.1) is 0 Å². The standard InChI is InChI=1S/C27H32N2O4/c1-18(30)19-9-12-25(26(17-19)31-2)32-14-6-5-13-29-21-10-11-22(29)16-20(15-21)27-23-7-3-4-8-24(23)33-28-27/h3-4,7-9,12,17,20-22H,5-6,10-11,13-16H2,1-2H3. The first kappa shape index (κ1) is 22.0. The summed E-state index contributed by atoms with van der Waals surface area (Å²) in [6.45, 7) is 3.32. The molecule has 2 fully saturated rings. The molecule has 2 aliphatic heterocycles. The Labute approximate surface area is 194 Å². The molecule has 6 nitrogen and oxygen atoms in total. The number of Topliss-reactive ketones (excluding diaryl/α,β-unsaturated/α-hetero) is 1. The third kappa shape index (κ3) is 4.49. The number of carbonyl (C=O) groups excluding carboxylic acids is 1. The van der Waals surface area contributed by atoms with Crippen molar-refractivity contribution in [2.75, 3.05) is 20.3 Å². The van der Waals surface area contributed by atoms with E-state index in [0.717, 1.165) is 30.7 Å². The first-order valence-electron chi connectivity index (χ1n) is 12.1. The van der Waals surface area contributed by atoms with Crippen LogP contribution in [-0.2, 0) is 0 Å². The van der Waals surface area contributed by atoms with E-state index in [4.69, 9.17) is 14.0 Å². The number of fused-ring (bicyclic) bond motifs is 3. The lowest BCUT2D eigenvalue weighted by atomic mass is 9.86. The zero-order valence-corrected chi connectivity index (χ0v) is 19.5. The van der Waals surface area contributed by atoms with E-state index in [1.54, 1.807) is 26.2 Å². The van der Waals surface area contributed by atoms with Gasteiger partial charge in [0.1, 0.15) is 0 Å². The molecule has 6 heteroatoms. The predicted molar refractivity (Wildman–Crippen MR) is 127 cm³/mol. The molecule has 2 saturated heterocycles. The Morgan fingerprint density at radius 3 is 2.64 bits per heavy atom. The van der Waals surface area contributed by atoms with Crippen molar-refractivity contribution < 1.29 is 18.8 Å². The summed E-state index contributed by atoms with van der Waals surface area (Å²) in [5.74, 6) is 1.83. The molecule has 0 N–H and O–H groups in total. The average Bonchev–Trinajstić information content (AvgIpc) is 3.36. The van der Waals surface area contributed by atoms with Gasteiger partial charge < -0.3 is 14.0 Å². The van der Waals surface area contributed by atoms with Crippen molar-refractivity contribution >= 4 is 16.8 Å². The Bertz CT molecular complexity index is 1110. The van der Waals surface area contributed by atoms with Gasteiger partial charge in [-0.1, -0.05) is 17.3 Å². The van der Waals surface area contributed by atoms with Gasteiger partial charge in [0, 0.05) is 29.0 Å². The number of benzene rings is 2. The number of hydrogen-bond donors (Lipinski definition) is 0. The van der Waals surface area contributed by atoms with Crippen molar-refractivity contribution in [2.24, 2.45) is 0 Å². The summed E-state index contributed by atoms with van der Waals surface area (Å²) in [5.41, 5.74) is 2.69. The summed E-state index contributed by atoms with van der Waals surface area (Å²) in [4.78, 5) is 14.3. The van der Waals surface area contributed by atoms with Gasteiger partial charge in [0.15, 0.2) is 22.9 Å². The van der Waals surface area contributed by atoms with Gasteiger partial charge in [-0.25, -0.2) is 0 Å². The second-order valence-electron chi connectivity index (χ2n) is 9.33. The molecule has 3 heterocycles. The number of unbranched alkanes of at least 4 members (excludes halogenated alkanes) is 1. The molecule has 174 valence electrons. The van der Waals surface area contributed by atoms with E-state index in [1.165, 1.54) is 31.1 Å². The highest BCUT2D eigenvalue weighted by Gasteiger charge is 2.41. The van der Waals surface area contributed by atoms with E-state index >= 15 is 0 Å². The lowest BCUT2D eigenvalue weighted by molar-refractivity contribution is 0.101. The zero-order valence-electron chi connectivity index (χ0n) is 19.5. The van der Waals surface area contributed by atoms with E-state index in [9.17, 15) is 4.79 Å². The van der Waals surface area contributed by atoms with E-state index in [-0.39, 0.29) is 5.78 Å². The van der Waals surface area contributed by atoms with Gasteiger partial charge in [-0.2, -0.15) is 0 Å². The van der Waals surface area contributed by atoms with Crippen LogP contribution in [0.1, 0.15) is 67.4 Å². The van der Waals surface area contributed by atoms with Crippen LogP contribution in [0.3, 0.4) is 0 Å². The van der Waals surface area contributed by atoms with Crippen molar-refractivity contribution in [1.29, 1.82) is 0 Å². The van der Waals surface area contributed by atoms with Crippen LogP contribution < -0.4 is 9.47 Å². The Kier molecular flexibility index (Phi) is 6.36. The number of ether oxygens (including phenoxy) is 2. The van der Waals surface area contributed by atoms with Crippen LogP contribution in [-0.4, -0.2) is 48.2 Å². The fourth-order valence-corrected chi connectivity index (χ4v) is 5.65. The van der Waals surface area contributed by atoms with Crippen molar-refractivity contribution in [3.63, 3.8) is 0 Å². The normalized spacial score (nSPS) is 22.5. The van der Waals surface area contributed by atoms with E-state index in [2.05, 4.69) is 22.2 Å². The Balaban J connectivity index is 1.12. The lowest BCUT2D eigenvalue weighted by Crippen LogP contribution is -2.42. The molecule has 2 atom stereocenters. The molecule has 0 saturated carbocycles. The first-order chi connectivity index (χ1) is 16.1. The summed E-state index contributed by atoms with van der Waals surface area (Å²) >= 11 is 0. The van der Waals surface area contributed by atoms with Gasteiger partial charge in [0.25, 0.3) is 0 Å². The highest BCUT2D eigenvalue weighted by Crippen LogP contribution is 2.44. The molecule has 1 aromatic heterocycles. The topological polar surface area (TPSA) is 64.8 Å². The third-order valence-electron chi connectivity index (χ3n) is 7.31. The lowest BCUT2D eigenvalue weighted by Gasteiger charge is -2.38. The first-order valence-corrected chi connectivity index (χ1v) is 12.1. The molecule has 5 rings (SSSR count). The molecule has 0 spiro atoms. The number of para-hydroxylation sites is 1. The van der Waals surface area contributed by atoms with E-state index in [1.807, 2.05) is 18.2 Å². The summed E-state index contributed by atoms with van der Waals surface area (Å²) in [5, 5.41) is 5.63. The van der Waals surface area contributed by atoms with Gasteiger partial charge >= 0.3 is 0 Å². The number of carbonyl (C=O) groups is 1. The Morgan fingerprint density at radius 1 is 1.09 bits per heavy atom. The number of rotatable bonds is 9. The van der Waals surface area contributed by atoms with Crippen molar-refractivity contribution in [3.8, 4) is 11.5 Å². The zero-order chi connectivity index (χ0) is 22.8. The minimum atomic E-state index is 0.0231. The van der Waals surface area contributed by atoms with Crippen LogP contribution in [0, 0.1) is 0 Å². The molecular weight excluding hydrogens is 416 g/mol. The molecule has 3 aromatic rings. The van der Waals surface area contributed by atoms with Gasteiger partial charge in [-0.3, -0.25) is 9.69 Å². The molecule has 2 aliphatic rings. The van der Waals surface area contributed by atoms with Crippen LogP contribution in [0.5, 0.6) is 11.5 Å². The molecule has 0 aliphatic carbocycles. The number of methoxy groups -OCH3 is 1. The van der Waals surface area contributed by atoms with Crippen molar-refractivity contribution in [2.45, 2.75) is 63.5 Å². The summed E-state index contributed by atoms with van der Waals surface area (Å²) in [6, 6.07) is 14.9. The average molecular weight is 449 g/mol. The Morgan fingerprint density at radius 2 is 1.88 bits per heavy atom. The molecule has 2 unspecified atom stereocenters. The van der Waals surface area contributed by atoms with Crippen LogP contribution in [0.15, 0.2) is 47.0 Å². The number of piperidine rings is 1. The maximum Gasteiger partial charge on any atom is 0.167 e. The van der Waals surface area contributed by atoms with Crippen LogP contribution in [0.25, 0.3) is 11.0 Å². The third-order valence-corrected chi connectivity index (χ3v) is 7.31. The quantitative estimate of drug-likeness (QED) is 0.313. The second-order valence-corrected chi connectivity index (χ2v) is 9.33. The molecule has 33 heavy (non-hydrogen) atoms. The fraction of sp³-hybridized carbons (Fsp3) is 0.481. The molecule has 0 amide bonds. The van der Waals surface area contributed by atoms with Crippen LogP contribution in [0.4, 0.5) is 0 Å². The van der Waals surface area contributed by atoms with Crippen LogP contribution in [0.2, 0.25) is 0 Å². The predicted octanol–water partition coefficient (Wildman–Crippen LogP) is 5.61. The number of nitrogens with zero attached hydrogens (tertiary/aromatic N) is 2.